The summed E-state index contributed by atoms with van der Waals surface area (Å²) >= 11 is 0. The van der Waals surface area contributed by atoms with Gasteiger partial charge in [0, 0.05) is 0 Å². The lowest BCUT2D eigenvalue weighted by Crippen LogP contribution is -2.20. The molecule has 2 aromatic carbocycles. The fourth-order valence-electron chi connectivity index (χ4n) is 3.29. The van der Waals surface area contributed by atoms with Crippen molar-refractivity contribution in [3.8, 4) is 11.1 Å². The first kappa shape index (κ1) is 14.8. The van der Waals surface area contributed by atoms with Gasteiger partial charge >= 0.3 is 5.97 Å². The number of carbonyl (C=O) groups excluding carboxylic acids is 1. The van der Waals surface area contributed by atoms with Gasteiger partial charge in [0.05, 0.1) is 7.11 Å². The van der Waals surface area contributed by atoms with Crippen molar-refractivity contribution in [2.75, 3.05) is 7.11 Å². The van der Waals surface area contributed by atoms with E-state index in [1.807, 2.05) is 18.2 Å². The van der Waals surface area contributed by atoms with Gasteiger partial charge in [0.1, 0.15) is 5.92 Å². The Bertz CT molecular complexity index is 726. The number of fused-ring (bicyclic) bond motifs is 3. The molecule has 0 N–H and O–H groups in total. The first-order chi connectivity index (χ1) is 10.4. The third kappa shape index (κ3) is 2.22. The van der Waals surface area contributed by atoms with Gasteiger partial charge in [-0.2, -0.15) is 4.89 Å². The first-order valence-electron chi connectivity index (χ1n) is 7.42. The molecule has 3 rings (SSSR count). The van der Waals surface area contributed by atoms with Gasteiger partial charge in [-0.3, -0.25) is 4.89 Å². The lowest BCUT2D eigenvalue weighted by atomic mass is 9.79. The van der Waals surface area contributed by atoms with Crippen LogP contribution in [0.25, 0.3) is 11.1 Å². The predicted molar refractivity (Wildman–Crippen MR) is 85.5 cm³/mol. The van der Waals surface area contributed by atoms with Crippen molar-refractivity contribution in [2.45, 2.75) is 32.1 Å². The fraction of sp³-hybridized carbons (Fsp3) is 0.316. The van der Waals surface area contributed by atoms with E-state index in [0.717, 1.165) is 22.3 Å². The molecule has 114 valence electrons. The molecule has 0 heterocycles. The minimum Gasteiger partial charge on any atom is -0.298 e. The molecule has 0 bridgehead atoms. The second kappa shape index (κ2) is 5.25. The van der Waals surface area contributed by atoms with E-state index in [4.69, 9.17) is 4.89 Å². The van der Waals surface area contributed by atoms with Crippen molar-refractivity contribution in [2.24, 2.45) is 0 Å². The Morgan fingerprint density at radius 2 is 1.68 bits per heavy atom. The fourth-order valence-corrected chi connectivity index (χ4v) is 3.29. The van der Waals surface area contributed by atoms with E-state index in [1.165, 1.54) is 12.7 Å². The van der Waals surface area contributed by atoms with Gasteiger partial charge < -0.3 is 0 Å². The lowest BCUT2D eigenvalue weighted by molar-refractivity contribution is -0.255. The van der Waals surface area contributed by atoms with Crippen LogP contribution in [0.5, 0.6) is 0 Å². The maximum atomic E-state index is 12.5. The number of hydrogen-bond donors (Lipinski definition) is 0. The zero-order valence-corrected chi connectivity index (χ0v) is 13.3. The van der Waals surface area contributed by atoms with Gasteiger partial charge in [-0.25, -0.2) is 4.79 Å². The summed E-state index contributed by atoms with van der Waals surface area (Å²) < 4.78 is 0. The summed E-state index contributed by atoms with van der Waals surface area (Å²) in [5.41, 5.74) is 5.34. The van der Waals surface area contributed by atoms with Crippen molar-refractivity contribution in [1.82, 2.24) is 0 Å². The van der Waals surface area contributed by atoms with Gasteiger partial charge in [-0.1, -0.05) is 63.2 Å². The second-order valence-corrected chi connectivity index (χ2v) is 6.61. The zero-order valence-electron chi connectivity index (χ0n) is 13.3. The van der Waals surface area contributed by atoms with E-state index >= 15 is 0 Å². The van der Waals surface area contributed by atoms with Crippen LogP contribution < -0.4 is 0 Å². The number of hydrogen-bond acceptors (Lipinski definition) is 3. The second-order valence-electron chi connectivity index (χ2n) is 6.61. The molecular formula is C19H20O3. The smallest absolute Gasteiger partial charge is 0.298 e. The molecule has 0 saturated carbocycles. The van der Waals surface area contributed by atoms with Crippen LogP contribution in [0, 0.1) is 0 Å². The van der Waals surface area contributed by atoms with Crippen LogP contribution in [0.1, 0.15) is 43.4 Å². The third-order valence-electron chi connectivity index (χ3n) is 4.17. The minimum absolute atomic E-state index is 0.0566. The molecule has 0 amide bonds. The molecule has 1 aliphatic rings. The van der Waals surface area contributed by atoms with E-state index in [2.05, 4.69) is 49.9 Å². The Balaban J connectivity index is 2.28. The van der Waals surface area contributed by atoms with E-state index < -0.39 is 5.92 Å². The summed E-state index contributed by atoms with van der Waals surface area (Å²) in [6.07, 6.45) is 0. The Labute approximate surface area is 130 Å². The summed E-state index contributed by atoms with van der Waals surface area (Å²) in [6.45, 7) is 6.47. The van der Waals surface area contributed by atoms with Gasteiger partial charge in [0.25, 0.3) is 0 Å². The predicted octanol–water partition coefficient (Wildman–Crippen LogP) is 4.20. The van der Waals surface area contributed by atoms with Crippen LogP contribution in [0.3, 0.4) is 0 Å². The molecule has 2 aromatic rings. The van der Waals surface area contributed by atoms with Crippen LogP contribution in [0.2, 0.25) is 0 Å². The summed E-state index contributed by atoms with van der Waals surface area (Å²) in [6, 6.07) is 14.2. The van der Waals surface area contributed by atoms with Crippen molar-refractivity contribution >= 4 is 5.97 Å². The molecule has 1 atom stereocenters. The monoisotopic (exact) mass is 296 g/mol. The first-order valence-corrected chi connectivity index (χ1v) is 7.42. The molecule has 0 aliphatic heterocycles. The number of benzene rings is 2. The summed E-state index contributed by atoms with van der Waals surface area (Å²) in [4.78, 5) is 22.0. The van der Waals surface area contributed by atoms with E-state index in [-0.39, 0.29) is 11.4 Å². The molecular weight excluding hydrogens is 276 g/mol. The zero-order chi connectivity index (χ0) is 15.9. The lowest BCUT2D eigenvalue weighted by Gasteiger charge is -2.25. The van der Waals surface area contributed by atoms with E-state index in [9.17, 15) is 4.79 Å². The maximum absolute atomic E-state index is 12.5. The number of carbonyl (C=O) groups is 1. The van der Waals surface area contributed by atoms with Gasteiger partial charge in [0.2, 0.25) is 0 Å². The molecule has 0 aromatic heterocycles. The topological polar surface area (TPSA) is 35.5 Å². The number of rotatable bonds is 2. The van der Waals surface area contributed by atoms with Crippen molar-refractivity contribution in [3.63, 3.8) is 0 Å². The Kier molecular flexibility index (Phi) is 3.53. The van der Waals surface area contributed by atoms with Crippen molar-refractivity contribution in [1.29, 1.82) is 0 Å². The molecule has 1 unspecified atom stereocenters. The normalized spacial score (nSPS) is 16.1. The maximum Gasteiger partial charge on any atom is 0.354 e. The van der Waals surface area contributed by atoms with Crippen LogP contribution in [0.15, 0.2) is 42.5 Å². The molecule has 3 nitrogen and oxygen atoms in total. The largest absolute Gasteiger partial charge is 0.354 e. The Morgan fingerprint density at radius 3 is 2.36 bits per heavy atom. The average molecular weight is 296 g/mol. The van der Waals surface area contributed by atoms with Crippen LogP contribution in [0.4, 0.5) is 0 Å². The summed E-state index contributed by atoms with van der Waals surface area (Å²) in [7, 11) is 1.36. The molecule has 0 fully saturated rings. The molecule has 0 radical (unpaired) electrons. The van der Waals surface area contributed by atoms with Gasteiger partial charge in [-0.15, -0.1) is 0 Å². The van der Waals surface area contributed by atoms with Crippen LogP contribution >= 0.6 is 0 Å². The Morgan fingerprint density at radius 1 is 1.00 bits per heavy atom. The van der Waals surface area contributed by atoms with Gasteiger partial charge in [0.15, 0.2) is 0 Å². The SMILES string of the molecule is COOC(=O)C1c2ccccc2-c2cccc(C(C)(C)C)c21. The van der Waals surface area contributed by atoms with Crippen LogP contribution in [-0.2, 0) is 20.0 Å². The average Bonchev–Trinajstić information content (AvgIpc) is 2.81. The third-order valence-corrected chi connectivity index (χ3v) is 4.17. The quantitative estimate of drug-likeness (QED) is 0.615. The van der Waals surface area contributed by atoms with Crippen LogP contribution in [-0.4, -0.2) is 13.1 Å². The molecule has 22 heavy (non-hydrogen) atoms. The highest BCUT2D eigenvalue weighted by molar-refractivity contribution is 5.94. The highest BCUT2D eigenvalue weighted by atomic mass is 17.2. The molecule has 0 spiro atoms. The molecule has 3 heteroatoms. The van der Waals surface area contributed by atoms with Gasteiger partial charge in [-0.05, 0) is 33.2 Å². The highest BCUT2D eigenvalue weighted by Crippen LogP contribution is 2.48. The van der Waals surface area contributed by atoms with Crippen molar-refractivity contribution < 1.29 is 14.6 Å². The highest BCUT2D eigenvalue weighted by Gasteiger charge is 2.39. The minimum atomic E-state index is -0.429. The summed E-state index contributed by atoms with van der Waals surface area (Å²) in [5, 5.41) is 0. The van der Waals surface area contributed by atoms with E-state index in [1.54, 1.807) is 0 Å². The standard InChI is InChI=1S/C19H20O3/c1-19(2,3)15-11-7-10-13-12-8-5-6-9-14(12)17(16(13)15)18(20)22-21-4/h5-11,17H,1-4H3. The summed E-state index contributed by atoms with van der Waals surface area (Å²) in [5.74, 6) is -0.799. The molecule has 1 aliphatic carbocycles. The van der Waals surface area contributed by atoms with Crippen molar-refractivity contribution in [3.05, 3.63) is 59.2 Å². The molecule has 0 saturated heterocycles. The Hall–Kier alpha value is -2.13. The van der Waals surface area contributed by atoms with E-state index in [0.29, 0.717) is 0 Å².